The highest BCUT2D eigenvalue weighted by Crippen LogP contribution is 2.17. The van der Waals surface area contributed by atoms with Gasteiger partial charge in [0, 0.05) is 32.6 Å². The van der Waals surface area contributed by atoms with Crippen LogP contribution in [0.25, 0.3) is 0 Å². The van der Waals surface area contributed by atoms with Crippen molar-refractivity contribution in [3.63, 3.8) is 0 Å². The fraction of sp³-hybridized carbons (Fsp3) is 0.909. The lowest BCUT2D eigenvalue weighted by Gasteiger charge is -2.29. The van der Waals surface area contributed by atoms with Gasteiger partial charge in [0.05, 0.1) is 6.61 Å². The van der Waals surface area contributed by atoms with E-state index in [2.05, 4.69) is 4.90 Å². The molecule has 1 atom stereocenters. The molecule has 0 unspecified atom stereocenters. The quantitative estimate of drug-likeness (QED) is 0.716. The zero-order valence-electron chi connectivity index (χ0n) is 9.78. The van der Waals surface area contributed by atoms with Crippen molar-refractivity contribution in [3.8, 4) is 0 Å². The predicted molar refractivity (Wildman–Crippen MR) is 59.6 cm³/mol. The van der Waals surface area contributed by atoms with Gasteiger partial charge in [0.1, 0.15) is 0 Å². The molecule has 0 aliphatic carbocycles. The van der Waals surface area contributed by atoms with Gasteiger partial charge < -0.3 is 10.0 Å². The van der Waals surface area contributed by atoms with E-state index in [1.54, 1.807) is 6.92 Å². The van der Waals surface area contributed by atoms with Gasteiger partial charge in [0.25, 0.3) is 0 Å². The summed E-state index contributed by atoms with van der Waals surface area (Å²) in [5.74, 6) is 0.147. The van der Waals surface area contributed by atoms with Gasteiger partial charge in [-0.2, -0.15) is 0 Å². The van der Waals surface area contributed by atoms with E-state index in [0.29, 0.717) is 6.04 Å². The maximum atomic E-state index is 11.3. The number of hydrogen-bond donors (Lipinski definition) is 1. The smallest absolute Gasteiger partial charge is 0.219 e. The van der Waals surface area contributed by atoms with Crippen LogP contribution in [0.4, 0.5) is 0 Å². The van der Waals surface area contributed by atoms with Gasteiger partial charge in [-0.1, -0.05) is 0 Å². The number of rotatable bonds is 5. The van der Waals surface area contributed by atoms with Gasteiger partial charge in [0.2, 0.25) is 5.91 Å². The van der Waals surface area contributed by atoms with Crippen molar-refractivity contribution in [1.29, 1.82) is 0 Å². The maximum absolute atomic E-state index is 11.3. The van der Waals surface area contributed by atoms with Crippen molar-refractivity contribution in [2.45, 2.75) is 32.7 Å². The minimum absolute atomic E-state index is 0.147. The minimum Gasteiger partial charge on any atom is -0.395 e. The second-order valence-corrected chi connectivity index (χ2v) is 4.11. The standard InChI is InChI=1S/C11H22N2O2/c1-3-12(10(2)15)9-11-5-4-6-13(11)7-8-14/h11,14H,3-9H2,1-2H3/t11-/m0/s1. The molecular weight excluding hydrogens is 192 g/mol. The number of likely N-dealkylation sites (tertiary alicyclic amines) is 1. The molecule has 0 aromatic heterocycles. The number of nitrogens with zero attached hydrogens (tertiary/aromatic N) is 2. The second-order valence-electron chi connectivity index (χ2n) is 4.11. The Kier molecular flexibility index (Phi) is 5.05. The Morgan fingerprint density at radius 2 is 2.33 bits per heavy atom. The van der Waals surface area contributed by atoms with Crippen LogP contribution in [-0.4, -0.2) is 59.6 Å². The van der Waals surface area contributed by atoms with Crippen LogP contribution in [0.15, 0.2) is 0 Å². The molecule has 1 aliphatic heterocycles. The third kappa shape index (κ3) is 3.47. The van der Waals surface area contributed by atoms with Gasteiger partial charge in [-0.15, -0.1) is 0 Å². The lowest BCUT2D eigenvalue weighted by atomic mass is 10.2. The third-order valence-corrected chi connectivity index (χ3v) is 3.14. The molecule has 88 valence electrons. The summed E-state index contributed by atoms with van der Waals surface area (Å²) in [4.78, 5) is 15.4. The van der Waals surface area contributed by atoms with Crippen molar-refractivity contribution in [2.75, 3.05) is 32.8 Å². The molecule has 1 amide bonds. The zero-order chi connectivity index (χ0) is 11.3. The number of carbonyl (C=O) groups is 1. The monoisotopic (exact) mass is 214 g/mol. The zero-order valence-corrected chi connectivity index (χ0v) is 9.78. The van der Waals surface area contributed by atoms with Crippen LogP contribution in [0, 0.1) is 0 Å². The number of carbonyl (C=O) groups excluding carboxylic acids is 1. The summed E-state index contributed by atoms with van der Waals surface area (Å²) in [6.07, 6.45) is 2.32. The number of likely N-dealkylation sites (N-methyl/N-ethyl adjacent to an activating group) is 1. The van der Waals surface area contributed by atoms with Crippen molar-refractivity contribution in [1.82, 2.24) is 9.80 Å². The summed E-state index contributed by atoms with van der Waals surface area (Å²) < 4.78 is 0. The summed E-state index contributed by atoms with van der Waals surface area (Å²) in [6, 6.07) is 0.445. The summed E-state index contributed by atoms with van der Waals surface area (Å²) in [5.41, 5.74) is 0. The molecule has 0 spiro atoms. The molecule has 0 aromatic carbocycles. The van der Waals surface area contributed by atoms with Crippen molar-refractivity contribution in [2.24, 2.45) is 0 Å². The first kappa shape index (κ1) is 12.5. The molecule has 1 rings (SSSR count). The lowest BCUT2D eigenvalue weighted by Crippen LogP contribution is -2.43. The summed E-state index contributed by atoms with van der Waals surface area (Å²) in [5, 5.41) is 8.92. The van der Waals surface area contributed by atoms with E-state index < -0.39 is 0 Å². The largest absolute Gasteiger partial charge is 0.395 e. The molecule has 4 nitrogen and oxygen atoms in total. The van der Waals surface area contributed by atoms with Crippen LogP contribution < -0.4 is 0 Å². The first-order valence-electron chi connectivity index (χ1n) is 5.79. The molecule has 0 radical (unpaired) electrons. The van der Waals surface area contributed by atoms with Crippen LogP contribution in [0.1, 0.15) is 26.7 Å². The molecule has 1 aliphatic rings. The second kappa shape index (κ2) is 6.08. The van der Waals surface area contributed by atoms with Gasteiger partial charge in [-0.05, 0) is 26.3 Å². The molecule has 15 heavy (non-hydrogen) atoms. The molecule has 1 N–H and O–H groups in total. The fourth-order valence-electron chi connectivity index (χ4n) is 2.26. The van der Waals surface area contributed by atoms with E-state index in [9.17, 15) is 4.79 Å². The Balaban J connectivity index is 2.44. The molecule has 4 heteroatoms. The average Bonchev–Trinajstić information content (AvgIpc) is 2.62. The van der Waals surface area contributed by atoms with E-state index in [1.165, 1.54) is 6.42 Å². The van der Waals surface area contributed by atoms with Gasteiger partial charge in [-0.25, -0.2) is 0 Å². The van der Waals surface area contributed by atoms with Crippen LogP contribution in [0.3, 0.4) is 0 Å². The first-order chi connectivity index (χ1) is 7.19. The normalized spacial score (nSPS) is 21.9. The number of hydrogen-bond acceptors (Lipinski definition) is 3. The summed E-state index contributed by atoms with van der Waals surface area (Å²) in [7, 11) is 0. The van der Waals surface area contributed by atoms with E-state index >= 15 is 0 Å². The fourth-order valence-corrected chi connectivity index (χ4v) is 2.26. The number of aliphatic hydroxyl groups is 1. The summed E-state index contributed by atoms with van der Waals surface area (Å²) in [6.45, 7) is 7.22. The van der Waals surface area contributed by atoms with Crippen molar-refractivity contribution < 1.29 is 9.90 Å². The van der Waals surface area contributed by atoms with Gasteiger partial charge in [0.15, 0.2) is 0 Å². The average molecular weight is 214 g/mol. The Morgan fingerprint density at radius 1 is 1.60 bits per heavy atom. The number of amides is 1. The minimum atomic E-state index is 0.147. The Morgan fingerprint density at radius 3 is 2.87 bits per heavy atom. The van der Waals surface area contributed by atoms with Crippen molar-refractivity contribution in [3.05, 3.63) is 0 Å². The molecule has 0 saturated carbocycles. The van der Waals surface area contributed by atoms with E-state index in [1.807, 2.05) is 11.8 Å². The third-order valence-electron chi connectivity index (χ3n) is 3.14. The first-order valence-corrected chi connectivity index (χ1v) is 5.79. The topological polar surface area (TPSA) is 43.8 Å². The number of β-amino-alcohol motifs (C(OH)–C–C–N with tert-alkyl or cyclic N) is 1. The van der Waals surface area contributed by atoms with Gasteiger partial charge >= 0.3 is 0 Å². The number of aliphatic hydroxyl groups excluding tert-OH is 1. The Hall–Kier alpha value is -0.610. The Bertz CT molecular complexity index is 209. The van der Waals surface area contributed by atoms with Gasteiger partial charge in [-0.3, -0.25) is 9.69 Å². The predicted octanol–water partition coefficient (Wildman–Crippen LogP) is 0.311. The van der Waals surface area contributed by atoms with E-state index in [0.717, 1.165) is 32.6 Å². The van der Waals surface area contributed by atoms with Crippen LogP contribution in [0.2, 0.25) is 0 Å². The van der Waals surface area contributed by atoms with Crippen LogP contribution in [-0.2, 0) is 4.79 Å². The summed E-state index contributed by atoms with van der Waals surface area (Å²) >= 11 is 0. The highest BCUT2D eigenvalue weighted by molar-refractivity contribution is 5.73. The molecule has 1 saturated heterocycles. The Labute approximate surface area is 91.9 Å². The molecule has 1 fully saturated rings. The van der Waals surface area contributed by atoms with Crippen molar-refractivity contribution >= 4 is 5.91 Å². The molecule has 0 aromatic rings. The highest BCUT2D eigenvalue weighted by Gasteiger charge is 2.26. The van der Waals surface area contributed by atoms with Crippen LogP contribution >= 0.6 is 0 Å². The highest BCUT2D eigenvalue weighted by atomic mass is 16.3. The van der Waals surface area contributed by atoms with E-state index in [4.69, 9.17) is 5.11 Å². The molecule has 0 bridgehead atoms. The lowest BCUT2D eigenvalue weighted by molar-refractivity contribution is -0.129. The molecular formula is C11H22N2O2. The van der Waals surface area contributed by atoms with E-state index in [-0.39, 0.29) is 12.5 Å². The SMILES string of the molecule is CCN(C[C@@H]1CCCN1CCO)C(C)=O. The molecule has 1 heterocycles. The van der Waals surface area contributed by atoms with Crippen LogP contribution in [0.5, 0.6) is 0 Å². The maximum Gasteiger partial charge on any atom is 0.219 e.